The molecule has 3 heteroatoms. The van der Waals surface area contributed by atoms with Gasteiger partial charge in [0.15, 0.2) is 0 Å². The van der Waals surface area contributed by atoms with Crippen molar-refractivity contribution in [3.63, 3.8) is 0 Å². The van der Waals surface area contributed by atoms with Gasteiger partial charge in [-0.3, -0.25) is 0 Å². The molecule has 0 aliphatic heterocycles. The second-order valence-electron chi connectivity index (χ2n) is 0. The standard InChI is InChI=1S/CH4.B.H3N.Zr/h1H4;;1H3;. The molecule has 0 fully saturated rings. The minimum absolute atomic E-state index is 0. The minimum atomic E-state index is 0. The maximum Gasteiger partial charge on any atom is 0 e. The van der Waals surface area contributed by atoms with Crippen molar-refractivity contribution < 1.29 is 26.2 Å². The maximum atomic E-state index is 0. The summed E-state index contributed by atoms with van der Waals surface area (Å²) >= 11 is 0. The largest absolute Gasteiger partial charge is 0.344 e. The summed E-state index contributed by atoms with van der Waals surface area (Å²) in [6.45, 7) is 0. The third kappa shape index (κ3) is 12.8. The topological polar surface area (TPSA) is 35.0 Å². The Kier molecular flexibility index (Phi) is 911. The normalized spacial score (nSPS) is 0. The van der Waals surface area contributed by atoms with Gasteiger partial charge < -0.3 is 6.15 Å². The number of hydrogen-bond donors (Lipinski definition) is 1. The molecule has 1 nitrogen and oxygen atoms in total. The fourth-order valence-corrected chi connectivity index (χ4v) is 0. The smallest absolute Gasteiger partial charge is 0 e. The van der Waals surface area contributed by atoms with Crippen LogP contribution in [0.3, 0.4) is 0 Å². The molecule has 0 aromatic rings. The molecule has 0 unspecified atom stereocenters. The summed E-state index contributed by atoms with van der Waals surface area (Å²) in [5, 5.41) is 0. The van der Waals surface area contributed by atoms with Crippen LogP contribution >= 0.6 is 0 Å². The summed E-state index contributed by atoms with van der Waals surface area (Å²) in [6.07, 6.45) is 0. The second kappa shape index (κ2) is 40.1. The van der Waals surface area contributed by atoms with Crippen molar-refractivity contribution in [3.8, 4) is 0 Å². The number of hydrogen-bond acceptors (Lipinski definition) is 1. The maximum absolute atomic E-state index is 0. The zero-order valence-corrected chi connectivity index (χ0v) is 4.24. The molecule has 0 aliphatic rings. The molecular formula is CH7BNZr. The molecule has 0 rings (SSSR count). The molecule has 4 heavy (non-hydrogen) atoms. The summed E-state index contributed by atoms with van der Waals surface area (Å²) < 4.78 is 0. The van der Waals surface area contributed by atoms with E-state index in [1.807, 2.05) is 0 Å². The molecule has 0 saturated heterocycles. The van der Waals surface area contributed by atoms with Crippen LogP contribution in [-0.2, 0) is 26.2 Å². The van der Waals surface area contributed by atoms with Crippen LogP contribution in [0.2, 0.25) is 0 Å². The summed E-state index contributed by atoms with van der Waals surface area (Å²) in [7, 11) is 0. The van der Waals surface area contributed by atoms with Gasteiger partial charge in [0.1, 0.15) is 0 Å². The summed E-state index contributed by atoms with van der Waals surface area (Å²) in [5.41, 5.74) is 0. The molecule has 23 valence electrons. The van der Waals surface area contributed by atoms with Gasteiger partial charge in [-0.2, -0.15) is 0 Å². The van der Waals surface area contributed by atoms with Crippen molar-refractivity contribution in [1.82, 2.24) is 6.15 Å². The van der Waals surface area contributed by atoms with Crippen LogP contribution in [0.15, 0.2) is 0 Å². The van der Waals surface area contributed by atoms with Crippen molar-refractivity contribution in [2.75, 3.05) is 0 Å². The first-order valence-electron chi connectivity index (χ1n) is 0. The zero-order chi connectivity index (χ0) is 0. The fraction of sp³-hybridized carbons (Fsp3) is 1.00. The van der Waals surface area contributed by atoms with Crippen LogP contribution in [0.5, 0.6) is 0 Å². The Balaban J connectivity index is 0. The third-order valence-electron chi connectivity index (χ3n) is 0. The Morgan fingerprint density at radius 1 is 1.00 bits per heavy atom. The molecule has 0 heterocycles. The average molecular weight is 135 g/mol. The van der Waals surface area contributed by atoms with Gasteiger partial charge in [0.05, 0.1) is 0 Å². The quantitative estimate of drug-likeness (QED) is 0.480. The van der Waals surface area contributed by atoms with E-state index in [2.05, 4.69) is 0 Å². The van der Waals surface area contributed by atoms with Gasteiger partial charge in [-0.05, 0) is 0 Å². The Bertz CT molecular complexity index is 8.00. The van der Waals surface area contributed by atoms with E-state index >= 15 is 0 Å². The van der Waals surface area contributed by atoms with Crippen LogP contribution < -0.4 is 6.15 Å². The Morgan fingerprint density at radius 3 is 1.00 bits per heavy atom. The minimum Gasteiger partial charge on any atom is -0.344 e. The van der Waals surface area contributed by atoms with Crippen molar-refractivity contribution in [2.45, 2.75) is 7.43 Å². The third-order valence-corrected chi connectivity index (χ3v) is 0. The van der Waals surface area contributed by atoms with Gasteiger partial charge >= 0.3 is 0 Å². The van der Waals surface area contributed by atoms with Crippen LogP contribution in [0.25, 0.3) is 0 Å². The van der Waals surface area contributed by atoms with Crippen LogP contribution in [0.4, 0.5) is 0 Å². The van der Waals surface area contributed by atoms with Gasteiger partial charge in [0.25, 0.3) is 0 Å². The van der Waals surface area contributed by atoms with Crippen LogP contribution in [0, 0.1) is 0 Å². The molecule has 0 bridgehead atoms. The molecule has 0 amide bonds. The first-order valence-corrected chi connectivity index (χ1v) is 0. The predicted molar refractivity (Wildman–Crippen MR) is 17.5 cm³/mol. The van der Waals surface area contributed by atoms with E-state index in [9.17, 15) is 0 Å². The molecule has 0 aliphatic carbocycles. The van der Waals surface area contributed by atoms with E-state index < -0.39 is 0 Å². The zero-order valence-electron chi connectivity index (χ0n) is 1.78. The molecule has 3 N–H and O–H groups in total. The van der Waals surface area contributed by atoms with Crippen molar-refractivity contribution in [3.05, 3.63) is 0 Å². The van der Waals surface area contributed by atoms with Gasteiger partial charge in [0, 0.05) is 34.6 Å². The average Bonchev–Trinajstić information content (AvgIpc) is 0. The van der Waals surface area contributed by atoms with Crippen molar-refractivity contribution in [1.29, 1.82) is 0 Å². The van der Waals surface area contributed by atoms with Gasteiger partial charge in [0.2, 0.25) is 0 Å². The molecule has 0 aromatic heterocycles. The molecular weight excluding hydrogens is 128 g/mol. The summed E-state index contributed by atoms with van der Waals surface area (Å²) in [4.78, 5) is 0. The Morgan fingerprint density at radius 2 is 1.00 bits per heavy atom. The number of rotatable bonds is 0. The van der Waals surface area contributed by atoms with Gasteiger partial charge in [-0.15, -0.1) is 0 Å². The van der Waals surface area contributed by atoms with E-state index in [1.54, 1.807) is 0 Å². The van der Waals surface area contributed by atoms with E-state index in [4.69, 9.17) is 0 Å². The van der Waals surface area contributed by atoms with Crippen LogP contribution in [0.1, 0.15) is 7.43 Å². The monoisotopic (exact) mass is 134 g/mol. The Hall–Kier alpha value is 0.908. The first-order chi connectivity index (χ1) is 0. The van der Waals surface area contributed by atoms with Crippen molar-refractivity contribution in [2.24, 2.45) is 0 Å². The SMILES string of the molecule is C.N.[B].[Zr]. The Labute approximate surface area is 48.4 Å². The summed E-state index contributed by atoms with van der Waals surface area (Å²) in [6, 6.07) is 0. The molecule has 0 saturated carbocycles. The second-order valence-corrected chi connectivity index (χ2v) is 0. The van der Waals surface area contributed by atoms with E-state index in [0.717, 1.165) is 0 Å². The van der Waals surface area contributed by atoms with E-state index in [1.165, 1.54) is 0 Å². The van der Waals surface area contributed by atoms with Crippen LogP contribution in [-0.4, -0.2) is 8.41 Å². The summed E-state index contributed by atoms with van der Waals surface area (Å²) in [5.74, 6) is 0. The van der Waals surface area contributed by atoms with Gasteiger partial charge in [-0.1, -0.05) is 7.43 Å². The van der Waals surface area contributed by atoms with E-state index in [-0.39, 0.29) is 48.2 Å². The molecule has 0 spiro atoms. The van der Waals surface area contributed by atoms with E-state index in [0.29, 0.717) is 0 Å². The predicted octanol–water partition coefficient (Wildman–Crippen LogP) is 0.415. The molecule has 0 aromatic carbocycles. The molecule has 3 radical (unpaired) electrons. The molecule has 0 atom stereocenters. The fourth-order valence-electron chi connectivity index (χ4n) is 0. The van der Waals surface area contributed by atoms with Gasteiger partial charge in [-0.25, -0.2) is 0 Å². The first kappa shape index (κ1) is 90.9. The van der Waals surface area contributed by atoms with Crippen molar-refractivity contribution >= 4 is 8.41 Å².